The lowest BCUT2D eigenvalue weighted by Crippen LogP contribution is -2.32. The first kappa shape index (κ1) is 22.1. The molecule has 0 unspecified atom stereocenters. The fraction of sp³-hybridized carbons (Fsp3) is 0.400. The fourth-order valence-electron chi connectivity index (χ4n) is 2.68. The van der Waals surface area contributed by atoms with Gasteiger partial charge in [-0.1, -0.05) is 12.1 Å². The van der Waals surface area contributed by atoms with Crippen LogP contribution in [-0.4, -0.2) is 53.0 Å². The molecule has 156 valence electrons. The largest absolute Gasteiger partial charge is 0.497 e. The Morgan fingerprint density at radius 3 is 2.55 bits per heavy atom. The van der Waals surface area contributed by atoms with Crippen LogP contribution in [0.15, 0.2) is 35.3 Å². The van der Waals surface area contributed by atoms with Crippen LogP contribution in [0.2, 0.25) is 0 Å². The highest BCUT2D eigenvalue weighted by molar-refractivity contribution is 5.98. The van der Waals surface area contributed by atoms with Gasteiger partial charge in [0.15, 0.2) is 5.78 Å². The van der Waals surface area contributed by atoms with E-state index in [0.29, 0.717) is 11.4 Å². The van der Waals surface area contributed by atoms with Crippen molar-refractivity contribution in [3.05, 3.63) is 51.9 Å². The summed E-state index contributed by atoms with van der Waals surface area (Å²) < 4.78 is 11.6. The van der Waals surface area contributed by atoms with Crippen LogP contribution in [0.25, 0.3) is 0 Å². The van der Waals surface area contributed by atoms with Crippen molar-refractivity contribution in [1.29, 1.82) is 0 Å². The zero-order chi connectivity index (χ0) is 21.4. The number of ketones is 1. The highest BCUT2D eigenvalue weighted by Crippen LogP contribution is 2.14. The first-order valence-electron chi connectivity index (χ1n) is 9.12. The fourth-order valence-corrected chi connectivity index (χ4v) is 2.68. The molecular weight excluding hydrogens is 378 g/mol. The summed E-state index contributed by atoms with van der Waals surface area (Å²) in [5.74, 6) is -0.603. The Balaban J connectivity index is 2.13. The minimum atomic E-state index is -0.936. The zero-order valence-electron chi connectivity index (χ0n) is 16.7. The highest BCUT2D eigenvalue weighted by atomic mass is 16.5. The number of methoxy groups -OCH3 is 1. The van der Waals surface area contributed by atoms with E-state index in [1.165, 1.54) is 17.8 Å². The minimum Gasteiger partial charge on any atom is -0.497 e. The number of carbonyl (C=O) groups excluding carboxylic acids is 1. The summed E-state index contributed by atoms with van der Waals surface area (Å²) in [4.78, 5) is 35.4. The maximum absolute atomic E-state index is 12.8. The Labute approximate surface area is 168 Å². The second-order valence-corrected chi connectivity index (χ2v) is 6.56. The standard InChI is InChI=1S/C20H25N3O6/c1-13(12-29-9-8-18(25)26)22-17-10-21-23(20(27)19(17)14(2)24)11-15-4-6-16(28-3)7-5-15/h4-7,10,13,22H,8-9,11-12H2,1-3H3,(H,25,26)/t13-/m0/s1. The molecule has 0 amide bonds. The third-order valence-electron chi connectivity index (χ3n) is 4.12. The Morgan fingerprint density at radius 2 is 1.97 bits per heavy atom. The SMILES string of the molecule is COc1ccc(Cn2ncc(N[C@@H](C)COCCC(=O)O)c(C(C)=O)c2=O)cc1. The van der Waals surface area contributed by atoms with Crippen LogP contribution in [-0.2, 0) is 16.1 Å². The molecule has 0 aliphatic carbocycles. The van der Waals surface area contributed by atoms with Crippen LogP contribution in [0, 0.1) is 0 Å². The van der Waals surface area contributed by atoms with E-state index in [0.717, 1.165) is 5.56 Å². The molecule has 29 heavy (non-hydrogen) atoms. The van der Waals surface area contributed by atoms with Gasteiger partial charge in [0.1, 0.15) is 11.3 Å². The quantitative estimate of drug-likeness (QED) is 0.430. The van der Waals surface area contributed by atoms with Crippen molar-refractivity contribution < 1.29 is 24.2 Å². The van der Waals surface area contributed by atoms with Gasteiger partial charge in [-0.2, -0.15) is 5.10 Å². The highest BCUT2D eigenvalue weighted by Gasteiger charge is 2.17. The molecule has 2 aromatic rings. The molecule has 0 spiro atoms. The van der Waals surface area contributed by atoms with E-state index in [9.17, 15) is 14.4 Å². The summed E-state index contributed by atoms with van der Waals surface area (Å²) in [6, 6.07) is 6.97. The van der Waals surface area contributed by atoms with E-state index in [1.807, 2.05) is 12.1 Å². The number of rotatable bonds is 11. The number of ether oxygens (including phenoxy) is 2. The average Bonchev–Trinajstić information content (AvgIpc) is 2.67. The number of aliphatic carboxylic acids is 1. The van der Waals surface area contributed by atoms with Crippen LogP contribution in [0.4, 0.5) is 5.69 Å². The van der Waals surface area contributed by atoms with Gasteiger partial charge in [-0.15, -0.1) is 0 Å². The van der Waals surface area contributed by atoms with Gasteiger partial charge in [0.25, 0.3) is 5.56 Å². The molecule has 2 N–H and O–H groups in total. The van der Waals surface area contributed by atoms with E-state index in [-0.39, 0.29) is 43.6 Å². The second-order valence-electron chi connectivity index (χ2n) is 6.56. The molecule has 1 aromatic heterocycles. The van der Waals surface area contributed by atoms with Gasteiger partial charge < -0.3 is 19.9 Å². The first-order chi connectivity index (χ1) is 13.8. The Morgan fingerprint density at radius 1 is 1.28 bits per heavy atom. The zero-order valence-corrected chi connectivity index (χ0v) is 16.7. The molecular formula is C20H25N3O6. The lowest BCUT2D eigenvalue weighted by Gasteiger charge is -2.17. The topological polar surface area (TPSA) is 120 Å². The lowest BCUT2D eigenvalue weighted by atomic mass is 10.1. The maximum Gasteiger partial charge on any atom is 0.305 e. The summed E-state index contributed by atoms with van der Waals surface area (Å²) in [6.07, 6.45) is 1.35. The number of benzene rings is 1. The van der Waals surface area contributed by atoms with Gasteiger partial charge in [-0.05, 0) is 31.5 Å². The Hall–Kier alpha value is -3.20. The molecule has 1 heterocycles. The van der Waals surface area contributed by atoms with Crippen molar-refractivity contribution in [2.24, 2.45) is 0 Å². The number of anilines is 1. The molecule has 0 saturated carbocycles. The van der Waals surface area contributed by atoms with Gasteiger partial charge in [-0.25, -0.2) is 4.68 Å². The van der Waals surface area contributed by atoms with Gasteiger partial charge >= 0.3 is 5.97 Å². The Kier molecular flexibility index (Phi) is 7.90. The molecule has 1 aromatic carbocycles. The molecule has 0 radical (unpaired) electrons. The van der Waals surface area contributed by atoms with Crippen molar-refractivity contribution in [3.63, 3.8) is 0 Å². The predicted octanol–water partition coefficient (Wildman–Crippen LogP) is 1.79. The van der Waals surface area contributed by atoms with Crippen molar-refractivity contribution in [3.8, 4) is 5.75 Å². The summed E-state index contributed by atoms with van der Waals surface area (Å²) >= 11 is 0. The molecule has 1 atom stereocenters. The third-order valence-corrected chi connectivity index (χ3v) is 4.12. The number of carboxylic acid groups (broad SMARTS) is 1. The average molecular weight is 403 g/mol. The maximum atomic E-state index is 12.8. The number of nitrogens with zero attached hydrogens (tertiary/aromatic N) is 2. The van der Waals surface area contributed by atoms with Crippen LogP contribution < -0.4 is 15.6 Å². The third kappa shape index (κ3) is 6.42. The van der Waals surface area contributed by atoms with Crippen molar-refractivity contribution in [2.75, 3.05) is 25.6 Å². The van der Waals surface area contributed by atoms with Crippen molar-refractivity contribution in [1.82, 2.24) is 9.78 Å². The molecule has 0 saturated heterocycles. The van der Waals surface area contributed by atoms with Gasteiger partial charge in [0, 0.05) is 6.04 Å². The normalized spacial score (nSPS) is 11.7. The van der Waals surface area contributed by atoms with E-state index < -0.39 is 11.5 Å². The molecule has 0 aliphatic heterocycles. The van der Waals surface area contributed by atoms with Crippen LogP contribution >= 0.6 is 0 Å². The number of carboxylic acids is 1. The number of hydrogen-bond donors (Lipinski definition) is 2. The molecule has 2 rings (SSSR count). The monoisotopic (exact) mass is 403 g/mol. The smallest absolute Gasteiger partial charge is 0.305 e. The number of hydrogen-bond acceptors (Lipinski definition) is 7. The molecule has 9 heteroatoms. The van der Waals surface area contributed by atoms with E-state index in [2.05, 4.69) is 10.4 Å². The predicted molar refractivity (Wildman–Crippen MR) is 107 cm³/mol. The van der Waals surface area contributed by atoms with Gasteiger partial charge in [0.2, 0.25) is 0 Å². The van der Waals surface area contributed by atoms with Crippen LogP contribution in [0.5, 0.6) is 5.75 Å². The van der Waals surface area contributed by atoms with Crippen molar-refractivity contribution >= 4 is 17.4 Å². The van der Waals surface area contributed by atoms with E-state index in [4.69, 9.17) is 14.6 Å². The number of Topliss-reactive ketones (excluding diaryl/α,β-unsaturated/α-hetero) is 1. The first-order valence-corrected chi connectivity index (χ1v) is 9.12. The molecule has 0 fully saturated rings. The van der Waals surface area contributed by atoms with Gasteiger partial charge in [-0.3, -0.25) is 14.4 Å². The number of carbonyl (C=O) groups is 2. The van der Waals surface area contributed by atoms with Crippen molar-refractivity contribution in [2.45, 2.75) is 32.9 Å². The molecule has 9 nitrogen and oxygen atoms in total. The summed E-state index contributed by atoms with van der Waals surface area (Å²) in [6.45, 7) is 3.65. The molecule has 0 aliphatic rings. The number of aromatic nitrogens is 2. The molecule has 0 bridgehead atoms. The van der Waals surface area contributed by atoms with E-state index in [1.54, 1.807) is 26.2 Å². The number of nitrogens with one attached hydrogen (secondary N) is 1. The second kappa shape index (κ2) is 10.4. The summed E-state index contributed by atoms with van der Waals surface area (Å²) in [5, 5.41) is 15.8. The summed E-state index contributed by atoms with van der Waals surface area (Å²) in [5.41, 5.74) is 0.696. The Bertz CT molecular complexity index is 907. The van der Waals surface area contributed by atoms with E-state index >= 15 is 0 Å². The van der Waals surface area contributed by atoms with Crippen LogP contribution in [0.1, 0.15) is 36.2 Å². The van der Waals surface area contributed by atoms with Crippen LogP contribution in [0.3, 0.4) is 0 Å². The lowest BCUT2D eigenvalue weighted by molar-refractivity contribution is -0.138. The van der Waals surface area contributed by atoms with Gasteiger partial charge in [0.05, 0.1) is 45.2 Å². The minimum absolute atomic E-state index is 0.0193. The summed E-state index contributed by atoms with van der Waals surface area (Å²) in [7, 11) is 1.57.